The number of hydrogen-bond donors (Lipinski definition) is 0. The minimum atomic E-state index is -0.119. The first-order valence-corrected chi connectivity index (χ1v) is 15.0. The molecule has 0 aromatic heterocycles. The maximum absolute atomic E-state index is 12.7. The molecule has 0 N–H and O–H groups in total. The Balaban J connectivity index is 1.19. The standard InChI is InChI=1S/C32H50O2/c1-3-5-7-25-10-22-31(23-11-25)34-32(33)30-20-18-29(19-21-30)28-16-14-27(15-17-28)26-12-8-24(6-4-2)9-13-26/h18-21,24-28,31H,3-17,22-23H2,1-2H3/t24-,25?,26-,27-,28-,31?. The van der Waals surface area contributed by atoms with E-state index in [4.69, 9.17) is 4.74 Å². The lowest BCUT2D eigenvalue weighted by Gasteiger charge is -2.38. The number of unbranched alkanes of at least 4 members (excludes halogenated alkanes) is 1. The molecule has 1 aromatic carbocycles. The van der Waals surface area contributed by atoms with Crippen molar-refractivity contribution in [2.75, 3.05) is 0 Å². The van der Waals surface area contributed by atoms with E-state index in [0.29, 0.717) is 5.92 Å². The molecule has 3 fully saturated rings. The minimum Gasteiger partial charge on any atom is -0.459 e. The van der Waals surface area contributed by atoms with Crippen molar-refractivity contribution in [3.8, 4) is 0 Å². The van der Waals surface area contributed by atoms with Crippen LogP contribution in [0.4, 0.5) is 0 Å². The number of carbonyl (C=O) groups is 1. The zero-order chi connectivity index (χ0) is 23.8. The van der Waals surface area contributed by atoms with Crippen molar-refractivity contribution >= 4 is 5.97 Å². The Labute approximate surface area is 209 Å². The largest absolute Gasteiger partial charge is 0.459 e. The molecular weight excluding hydrogens is 416 g/mol. The van der Waals surface area contributed by atoms with Crippen LogP contribution in [0.2, 0.25) is 0 Å². The third-order valence-electron chi connectivity index (χ3n) is 9.68. The highest BCUT2D eigenvalue weighted by atomic mass is 16.5. The summed E-state index contributed by atoms with van der Waals surface area (Å²) in [5.41, 5.74) is 2.16. The van der Waals surface area contributed by atoms with E-state index < -0.39 is 0 Å². The summed E-state index contributed by atoms with van der Waals surface area (Å²) in [7, 11) is 0. The number of esters is 1. The van der Waals surface area contributed by atoms with Gasteiger partial charge in [-0.1, -0.05) is 70.9 Å². The second kappa shape index (κ2) is 13.1. The lowest BCUT2D eigenvalue weighted by molar-refractivity contribution is 0.0161. The van der Waals surface area contributed by atoms with Gasteiger partial charge in [0, 0.05) is 0 Å². The molecule has 0 radical (unpaired) electrons. The Bertz CT molecular complexity index is 714. The van der Waals surface area contributed by atoms with Crippen molar-refractivity contribution < 1.29 is 9.53 Å². The highest BCUT2D eigenvalue weighted by Gasteiger charge is 2.31. The highest BCUT2D eigenvalue weighted by molar-refractivity contribution is 5.89. The maximum Gasteiger partial charge on any atom is 0.338 e. The fourth-order valence-electron chi connectivity index (χ4n) is 7.42. The molecular formula is C32H50O2. The molecule has 2 nitrogen and oxygen atoms in total. The molecule has 3 aliphatic carbocycles. The van der Waals surface area contributed by atoms with Gasteiger partial charge in [-0.05, 0) is 111 Å². The monoisotopic (exact) mass is 466 g/mol. The first-order chi connectivity index (χ1) is 16.7. The SMILES string of the molecule is CCCCC1CCC(OC(=O)c2ccc([C@H]3CC[C@H]([C@H]4CC[C@H](CCC)CC4)CC3)cc2)CC1. The molecule has 0 bridgehead atoms. The molecule has 3 saturated carbocycles. The van der Waals surface area contributed by atoms with Crippen molar-refractivity contribution in [3.05, 3.63) is 35.4 Å². The van der Waals surface area contributed by atoms with E-state index in [-0.39, 0.29) is 12.1 Å². The van der Waals surface area contributed by atoms with Gasteiger partial charge in [-0.3, -0.25) is 0 Å². The van der Waals surface area contributed by atoms with Crippen LogP contribution in [0.15, 0.2) is 24.3 Å². The average Bonchev–Trinajstić information content (AvgIpc) is 2.89. The van der Waals surface area contributed by atoms with Crippen molar-refractivity contribution in [1.29, 1.82) is 0 Å². The molecule has 0 spiro atoms. The smallest absolute Gasteiger partial charge is 0.338 e. The predicted octanol–water partition coefficient (Wildman–Crippen LogP) is 9.47. The Kier molecular flexibility index (Phi) is 9.95. The molecule has 4 rings (SSSR count). The first kappa shape index (κ1) is 25.8. The highest BCUT2D eigenvalue weighted by Crippen LogP contribution is 2.44. The maximum atomic E-state index is 12.7. The number of carbonyl (C=O) groups excluding carboxylic acids is 1. The van der Waals surface area contributed by atoms with Crippen LogP contribution in [0.25, 0.3) is 0 Å². The molecule has 2 heteroatoms. The molecule has 0 amide bonds. The van der Waals surface area contributed by atoms with Gasteiger partial charge in [0.15, 0.2) is 0 Å². The van der Waals surface area contributed by atoms with E-state index in [1.165, 1.54) is 102 Å². The average molecular weight is 467 g/mol. The van der Waals surface area contributed by atoms with Gasteiger partial charge < -0.3 is 4.74 Å². The van der Waals surface area contributed by atoms with Crippen LogP contribution in [0.5, 0.6) is 0 Å². The Morgan fingerprint density at radius 3 is 1.85 bits per heavy atom. The summed E-state index contributed by atoms with van der Waals surface area (Å²) in [5.74, 6) is 4.38. The molecule has 0 atom stereocenters. The van der Waals surface area contributed by atoms with Crippen LogP contribution in [0, 0.1) is 23.7 Å². The molecule has 0 aliphatic heterocycles. The van der Waals surface area contributed by atoms with Gasteiger partial charge in [0.2, 0.25) is 0 Å². The third kappa shape index (κ3) is 7.11. The molecule has 0 saturated heterocycles. The summed E-state index contributed by atoms with van der Waals surface area (Å²) in [5, 5.41) is 0. The predicted molar refractivity (Wildman–Crippen MR) is 142 cm³/mol. The van der Waals surface area contributed by atoms with Crippen molar-refractivity contribution in [3.63, 3.8) is 0 Å². The molecule has 34 heavy (non-hydrogen) atoms. The molecule has 3 aliphatic rings. The second-order valence-electron chi connectivity index (χ2n) is 12.0. The molecule has 1 aromatic rings. The van der Waals surface area contributed by atoms with Gasteiger partial charge in [0.05, 0.1) is 5.56 Å². The topological polar surface area (TPSA) is 26.3 Å². The van der Waals surface area contributed by atoms with Gasteiger partial charge in [-0.2, -0.15) is 0 Å². The zero-order valence-corrected chi connectivity index (χ0v) is 22.1. The number of benzene rings is 1. The molecule has 190 valence electrons. The summed E-state index contributed by atoms with van der Waals surface area (Å²) < 4.78 is 5.88. The Morgan fingerprint density at radius 2 is 1.26 bits per heavy atom. The van der Waals surface area contributed by atoms with Gasteiger partial charge >= 0.3 is 5.97 Å². The van der Waals surface area contributed by atoms with Crippen molar-refractivity contribution in [2.24, 2.45) is 23.7 Å². The fourth-order valence-corrected chi connectivity index (χ4v) is 7.42. The van der Waals surface area contributed by atoms with Crippen LogP contribution in [0.1, 0.15) is 145 Å². The van der Waals surface area contributed by atoms with Gasteiger partial charge in [-0.15, -0.1) is 0 Å². The summed E-state index contributed by atoms with van der Waals surface area (Å²) >= 11 is 0. The van der Waals surface area contributed by atoms with Gasteiger partial charge in [0.1, 0.15) is 6.10 Å². The van der Waals surface area contributed by atoms with Crippen LogP contribution < -0.4 is 0 Å². The van der Waals surface area contributed by atoms with E-state index in [0.717, 1.165) is 42.1 Å². The summed E-state index contributed by atoms with van der Waals surface area (Å²) in [4.78, 5) is 12.7. The van der Waals surface area contributed by atoms with Crippen LogP contribution >= 0.6 is 0 Å². The summed E-state index contributed by atoms with van der Waals surface area (Å²) in [6, 6.07) is 8.45. The van der Waals surface area contributed by atoms with Crippen LogP contribution in [-0.4, -0.2) is 12.1 Å². The van der Waals surface area contributed by atoms with Crippen LogP contribution in [0.3, 0.4) is 0 Å². The third-order valence-corrected chi connectivity index (χ3v) is 9.68. The van der Waals surface area contributed by atoms with Crippen LogP contribution in [-0.2, 0) is 4.74 Å². The van der Waals surface area contributed by atoms with E-state index in [1.807, 2.05) is 12.1 Å². The quantitative estimate of drug-likeness (QED) is 0.339. The van der Waals surface area contributed by atoms with Crippen molar-refractivity contribution in [1.82, 2.24) is 0 Å². The zero-order valence-electron chi connectivity index (χ0n) is 22.1. The van der Waals surface area contributed by atoms with Gasteiger partial charge in [0.25, 0.3) is 0 Å². The normalized spacial score (nSPS) is 32.3. The Hall–Kier alpha value is -1.31. The summed E-state index contributed by atoms with van der Waals surface area (Å²) in [6.45, 7) is 4.60. The lowest BCUT2D eigenvalue weighted by Crippen LogP contribution is -2.25. The van der Waals surface area contributed by atoms with Gasteiger partial charge in [-0.25, -0.2) is 4.79 Å². The molecule has 0 unspecified atom stereocenters. The minimum absolute atomic E-state index is 0.119. The number of ether oxygens (including phenoxy) is 1. The Morgan fingerprint density at radius 1 is 0.706 bits per heavy atom. The number of rotatable bonds is 9. The van der Waals surface area contributed by atoms with E-state index in [9.17, 15) is 4.79 Å². The van der Waals surface area contributed by atoms with E-state index >= 15 is 0 Å². The van der Waals surface area contributed by atoms with E-state index in [1.54, 1.807) is 0 Å². The van der Waals surface area contributed by atoms with Crippen molar-refractivity contribution in [2.45, 2.75) is 135 Å². The molecule has 0 heterocycles. The number of hydrogen-bond acceptors (Lipinski definition) is 2. The second-order valence-corrected chi connectivity index (χ2v) is 12.0. The summed E-state index contributed by atoms with van der Waals surface area (Å²) in [6.07, 6.45) is 22.8. The fraction of sp³-hybridized carbons (Fsp3) is 0.781. The lowest BCUT2D eigenvalue weighted by atomic mass is 9.68. The first-order valence-electron chi connectivity index (χ1n) is 15.0. The van der Waals surface area contributed by atoms with E-state index in [2.05, 4.69) is 26.0 Å².